The highest BCUT2D eigenvalue weighted by Gasteiger charge is 2.18. The lowest BCUT2D eigenvalue weighted by molar-refractivity contribution is 0.203. The largest absolute Gasteiger partial charge is 0.396 e. The van der Waals surface area contributed by atoms with Gasteiger partial charge in [-0.05, 0) is 30.9 Å². The standard InChI is InChI=1S/C17H21N5OS/c23-12-13-3-6-21(7-4-13)14-1-2-16(19-9-14)20-10-15-11-22-8-5-18-17(22)24-15/h1-2,5,8-9,11,13,23H,3-4,6-7,10,12H2,(H,19,20). The molecule has 2 N–H and O–H groups in total. The van der Waals surface area contributed by atoms with Crippen LogP contribution in [0.5, 0.6) is 0 Å². The van der Waals surface area contributed by atoms with Crippen molar-refractivity contribution in [2.45, 2.75) is 19.4 Å². The van der Waals surface area contributed by atoms with Crippen LogP contribution >= 0.6 is 11.3 Å². The molecule has 1 aliphatic heterocycles. The number of anilines is 2. The molecule has 126 valence electrons. The molecule has 0 bridgehead atoms. The number of imidazole rings is 1. The fourth-order valence-electron chi connectivity index (χ4n) is 3.09. The molecule has 1 saturated heterocycles. The molecule has 0 atom stereocenters. The summed E-state index contributed by atoms with van der Waals surface area (Å²) in [6, 6.07) is 4.15. The van der Waals surface area contributed by atoms with Gasteiger partial charge in [0.1, 0.15) is 5.82 Å². The van der Waals surface area contributed by atoms with Crippen LogP contribution in [0.4, 0.5) is 11.5 Å². The third-order valence-electron chi connectivity index (χ3n) is 4.57. The van der Waals surface area contributed by atoms with Gasteiger partial charge in [-0.15, -0.1) is 0 Å². The van der Waals surface area contributed by atoms with Crippen molar-refractivity contribution in [3.05, 3.63) is 41.8 Å². The van der Waals surface area contributed by atoms with Gasteiger partial charge in [-0.2, -0.15) is 0 Å². The van der Waals surface area contributed by atoms with Crippen molar-refractivity contribution >= 4 is 27.8 Å². The maximum absolute atomic E-state index is 9.23. The monoisotopic (exact) mass is 343 g/mol. The zero-order valence-corrected chi connectivity index (χ0v) is 14.2. The molecule has 0 amide bonds. The Morgan fingerprint density at radius 2 is 2.12 bits per heavy atom. The topological polar surface area (TPSA) is 65.7 Å². The van der Waals surface area contributed by atoms with E-state index in [4.69, 9.17) is 0 Å². The van der Waals surface area contributed by atoms with Gasteiger partial charge in [0.05, 0.1) is 18.4 Å². The Kier molecular flexibility index (Phi) is 4.36. The van der Waals surface area contributed by atoms with Crippen molar-refractivity contribution < 1.29 is 5.11 Å². The number of aliphatic hydroxyl groups excluding tert-OH is 1. The SMILES string of the molecule is OCC1CCN(c2ccc(NCc3cn4ccnc4s3)nc2)CC1. The molecule has 1 fully saturated rings. The summed E-state index contributed by atoms with van der Waals surface area (Å²) < 4.78 is 2.04. The number of rotatable bonds is 5. The van der Waals surface area contributed by atoms with Crippen LogP contribution in [-0.4, -0.2) is 39.2 Å². The zero-order chi connectivity index (χ0) is 16.4. The first kappa shape index (κ1) is 15.4. The van der Waals surface area contributed by atoms with Crippen molar-refractivity contribution in [3.63, 3.8) is 0 Å². The molecule has 0 radical (unpaired) electrons. The second kappa shape index (κ2) is 6.78. The summed E-state index contributed by atoms with van der Waals surface area (Å²) in [5.74, 6) is 1.34. The first-order valence-corrected chi connectivity index (χ1v) is 9.10. The number of piperidine rings is 1. The van der Waals surface area contributed by atoms with Gasteiger partial charge in [0, 0.05) is 43.2 Å². The molecule has 3 aromatic rings. The molecular weight excluding hydrogens is 322 g/mol. The molecule has 6 nitrogen and oxygen atoms in total. The quantitative estimate of drug-likeness (QED) is 0.745. The molecule has 0 saturated carbocycles. The Labute approximate surface area is 144 Å². The van der Waals surface area contributed by atoms with Gasteiger partial charge in [-0.25, -0.2) is 9.97 Å². The maximum atomic E-state index is 9.23. The number of thiazole rings is 1. The summed E-state index contributed by atoms with van der Waals surface area (Å²) >= 11 is 1.68. The molecule has 3 aromatic heterocycles. The minimum absolute atomic E-state index is 0.308. The highest BCUT2D eigenvalue weighted by molar-refractivity contribution is 7.17. The summed E-state index contributed by atoms with van der Waals surface area (Å²) in [7, 11) is 0. The number of nitrogens with one attached hydrogen (secondary N) is 1. The molecular formula is C17H21N5OS. The average Bonchev–Trinajstić information content (AvgIpc) is 3.22. The van der Waals surface area contributed by atoms with E-state index in [0.717, 1.165) is 48.9 Å². The first-order valence-electron chi connectivity index (χ1n) is 8.29. The zero-order valence-electron chi connectivity index (χ0n) is 13.4. The van der Waals surface area contributed by atoms with Gasteiger partial charge in [0.2, 0.25) is 0 Å². The van der Waals surface area contributed by atoms with E-state index in [-0.39, 0.29) is 0 Å². The van der Waals surface area contributed by atoms with Gasteiger partial charge in [-0.3, -0.25) is 4.40 Å². The van der Waals surface area contributed by atoms with Gasteiger partial charge in [0.15, 0.2) is 4.96 Å². The van der Waals surface area contributed by atoms with E-state index in [1.54, 1.807) is 11.3 Å². The van der Waals surface area contributed by atoms with Crippen molar-refractivity contribution in [2.75, 3.05) is 29.9 Å². The number of hydrogen-bond acceptors (Lipinski definition) is 6. The Bertz CT molecular complexity index is 760. The minimum Gasteiger partial charge on any atom is -0.396 e. The minimum atomic E-state index is 0.308. The van der Waals surface area contributed by atoms with Gasteiger partial charge in [0.25, 0.3) is 0 Å². The van der Waals surface area contributed by atoms with Crippen LogP contribution in [0.1, 0.15) is 17.7 Å². The number of nitrogens with zero attached hydrogens (tertiary/aromatic N) is 4. The van der Waals surface area contributed by atoms with Gasteiger partial charge < -0.3 is 15.3 Å². The highest BCUT2D eigenvalue weighted by Crippen LogP contribution is 2.23. The Morgan fingerprint density at radius 3 is 2.83 bits per heavy atom. The predicted molar refractivity (Wildman–Crippen MR) is 96.7 cm³/mol. The maximum Gasteiger partial charge on any atom is 0.193 e. The lowest BCUT2D eigenvalue weighted by Crippen LogP contribution is -2.34. The number of hydrogen-bond donors (Lipinski definition) is 2. The fraction of sp³-hybridized carbons (Fsp3) is 0.412. The summed E-state index contributed by atoms with van der Waals surface area (Å²) in [4.78, 5) is 13.4. The second-order valence-corrected chi connectivity index (χ2v) is 7.28. The van der Waals surface area contributed by atoms with Crippen LogP contribution in [0.3, 0.4) is 0 Å². The van der Waals surface area contributed by atoms with Gasteiger partial charge >= 0.3 is 0 Å². The van der Waals surface area contributed by atoms with Crippen LogP contribution < -0.4 is 10.2 Å². The Morgan fingerprint density at radius 1 is 1.25 bits per heavy atom. The number of aliphatic hydroxyl groups is 1. The fourth-order valence-corrected chi connectivity index (χ4v) is 3.96. The molecule has 0 aromatic carbocycles. The number of aromatic nitrogens is 3. The second-order valence-electron chi connectivity index (χ2n) is 6.18. The molecule has 4 heterocycles. The first-order chi connectivity index (χ1) is 11.8. The lowest BCUT2D eigenvalue weighted by Gasteiger charge is -2.32. The molecule has 0 aliphatic carbocycles. The summed E-state index contributed by atoms with van der Waals surface area (Å²) in [6.07, 6.45) is 9.91. The van der Waals surface area contributed by atoms with E-state index < -0.39 is 0 Å². The Hall–Kier alpha value is -2.12. The normalized spacial score (nSPS) is 16.0. The molecule has 4 rings (SSSR count). The molecule has 7 heteroatoms. The smallest absolute Gasteiger partial charge is 0.193 e. The van der Waals surface area contributed by atoms with E-state index in [1.807, 2.05) is 29.1 Å². The van der Waals surface area contributed by atoms with E-state index in [1.165, 1.54) is 4.88 Å². The molecule has 1 aliphatic rings. The van der Waals surface area contributed by atoms with E-state index >= 15 is 0 Å². The van der Waals surface area contributed by atoms with Crippen molar-refractivity contribution in [1.29, 1.82) is 0 Å². The van der Waals surface area contributed by atoms with Gasteiger partial charge in [-0.1, -0.05) is 11.3 Å². The Balaban J connectivity index is 1.34. The van der Waals surface area contributed by atoms with Crippen molar-refractivity contribution in [3.8, 4) is 0 Å². The van der Waals surface area contributed by atoms with Crippen LogP contribution in [0.25, 0.3) is 4.96 Å². The summed E-state index contributed by atoms with van der Waals surface area (Å²) in [5, 5.41) is 12.6. The van der Waals surface area contributed by atoms with E-state index in [2.05, 4.69) is 32.4 Å². The number of pyridine rings is 1. The van der Waals surface area contributed by atoms with Crippen LogP contribution in [0.2, 0.25) is 0 Å². The van der Waals surface area contributed by atoms with Crippen LogP contribution in [0, 0.1) is 5.92 Å². The number of fused-ring (bicyclic) bond motifs is 1. The third-order valence-corrected chi connectivity index (χ3v) is 5.58. The van der Waals surface area contributed by atoms with Crippen LogP contribution in [0.15, 0.2) is 36.9 Å². The average molecular weight is 343 g/mol. The van der Waals surface area contributed by atoms with Crippen molar-refractivity contribution in [2.24, 2.45) is 5.92 Å². The predicted octanol–water partition coefficient (Wildman–Crippen LogP) is 2.61. The van der Waals surface area contributed by atoms with Crippen LogP contribution in [-0.2, 0) is 6.54 Å². The summed E-state index contributed by atoms with van der Waals surface area (Å²) in [5.41, 5.74) is 1.16. The molecule has 0 unspecified atom stereocenters. The van der Waals surface area contributed by atoms with E-state index in [9.17, 15) is 5.11 Å². The molecule has 0 spiro atoms. The van der Waals surface area contributed by atoms with E-state index in [0.29, 0.717) is 12.5 Å². The van der Waals surface area contributed by atoms with Crippen molar-refractivity contribution in [1.82, 2.24) is 14.4 Å². The summed E-state index contributed by atoms with van der Waals surface area (Å²) in [6.45, 7) is 3.05. The molecule has 24 heavy (non-hydrogen) atoms. The third kappa shape index (κ3) is 3.22. The highest BCUT2D eigenvalue weighted by atomic mass is 32.1. The lowest BCUT2D eigenvalue weighted by atomic mass is 9.98.